The van der Waals surface area contributed by atoms with Crippen LogP contribution in [0.4, 0.5) is 5.82 Å². The summed E-state index contributed by atoms with van der Waals surface area (Å²) >= 11 is 0. The molecule has 0 aliphatic carbocycles. The van der Waals surface area contributed by atoms with Crippen LogP contribution in [0.5, 0.6) is 0 Å². The smallest absolute Gasteiger partial charge is 0.293 e. The maximum atomic E-state index is 11.9. The largest absolute Gasteiger partial charge is 0.391 e. The Kier molecular flexibility index (Phi) is 4.69. The van der Waals surface area contributed by atoms with Gasteiger partial charge in [0.05, 0.1) is 6.10 Å². The third kappa shape index (κ3) is 3.56. The van der Waals surface area contributed by atoms with Gasteiger partial charge in [0.1, 0.15) is 0 Å². The molecular weight excluding hydrogens is 218 g/mol. The van der Waals surface area contributed by atoms with Gasteiger partial charge in [0.15, 0.2) is 5.82 Å². The fraction of sp³-hybridized carbons (Fsp3) is 0.667. The van der Waals surface area contributed by atoms with Crippen LogP contribution in [-0.2, 0) is 0 Å². The second-order valence-corrected chi connectivity index (χ2v) is 4.77. The minimum Gasteiger partial charge on any atom is -0.391 e. The van der Waals surface area contributed by atoms with Crippen LogP contribution in [0.3, 0.4) is 0 Å². The first-order valence-electron chi connectivity index (χ1n) is 5.92. The molecule has 5 heteroatoms. The van der Waals surface area contributed by atoms with Gasteiger partial charge in [-0.2, -0.15) is 0 Å². The summed E-state index contributed by atoms with van der Waals surface area (Å²) < 4.78 is 1.61. The highest BCUT2D eigenvalue weighted by Crippen LogP contribution is 2.04. The predicted octanol–water partition coefficient (Wildman–Crippen LogP) is 1.25. The van der Waals surface area contributed by atoms with E-state index in [1.54, 1.807) is 17.0 Å². The Hall–Kier alpha value is -1.36. The standard InChI is InChI=1S/C12H21N3O2/c1-8(2)10(16)7-14-11-12(17)15(9(3)4)6-5-13-11/h5-6,8-10,16H,7H2,1-4H3,(H,13,14). The van der Waals surface area contributed by atoms with E-state index in [0.29, 0.717) is 12.4 Å². The minimum absolute atomic E-state index is 0.0982. The number of anilines is 1. The Labute approximate surface area is 102 Å². The average molecular weight is 239 g/mol. The summed E-state index contributed by atoms with van der Waals surface area (Å²) in [6, 6.07) is 0.0982. The summed E-state index contributed by atoms with van der Waals surface area (Å²) in [7, 11) is 0. The van der Waals surface area contributed by atoms with E-state index in [4.69, 9.17) is 0 Å². The molecule has 0 bridgehead atoms. The van der Waals surface area contributed by atoms with Crippen LogP contribution in [-0.4, -0.2) is 27.3 Å². The zero-order valence-corrected chi connectivity index (χ0v) is 10.8. The summed E-state index contributed by atoms with van der Waals surface area (Å²) in [5, 5.41) is 12.6. The summed E-state index contributed by atoms with van der Waals surface area (Å²) in [5.41, 5.74) is -0.154. The van der Waals surface area contributed by atoms with Crippen molar-refractivity contribution in [3.8, 4) is 0 Å². The van der Waals surface area contributed by atoms with Crippen molar-refractivity contribution in [2.24, 2.45) is 5.92 Å². The average Bonchev–Trinajstić information content (AvgIpc) is 2.26. The molecule has 0 amide bonds. The number of rotatable bonds is 5. The van der Waals surface area contributed by atoms with E-state index in [1.165, 1.54) is 0 Å². The van der Waals surface area contributed by atoms with Crippen LogP contribution in [0.2, 0.25) is 0 Å². The molecule has 5 nitrogen and oxygen atoms in total. The molecule has 0 aliphatic rings. The van der Waals surface area contributed by atoms with Crippen molar-refractivity contribution in [1.82, 2.24) is 9.55 Å². The zero-order valence-electron chi connectivity index (χ0n) is 10.8. The molecule has 0 fully saturated rings. The first kappa shape index (κ1) is 13.7. The fourth-order valence-corrected chi connectivity index (χ4v) is 1.39. The van der Waals surface area contributed by atoms with Crippen LogP contribution >= 0.6 is 0 Å². The van der Waals surface area contributed by atoms with Crippen molar-refractivity contribution in [2.45, 2.75) is 39.8 Å². The number of hydrogen-bond donors (Lipinski definition) is 2. The SMILES string of the molecule is CC(C)C(O)CNc1nccn(C(C)C)c1=O. The van der Waals surface area contributed by atoms with E-state index in [-0.39, 0.29) is 17.5 Å². The highest BCUT2D eigenvalue weighted by molar-refractivity contribution is 5.31. The zero-order chi connectivity index (χ0) is 13.0. The molecule has 0 spiro atoms. The first-order chi connectivity index (χ1) is 7.93. The van der Waals surface area contributed by atoms with Crippen LogP contribution in [0.1, 0.15) is 33.7 Å². The van der Waals surface area contributed by atoms with E-state index < -0.39 is 6.10 Å². The maximum absolute atomic E-state index is 11.9. The summed E-state index contributed by atoms with van der Waals surface area (Å²) in [5.74, 6) is 0.444. The molecule has 96 valence electrons. The summed E-state index contributed by atoms with van der Waals surface area (Å²) in [4.78, 5) is 15.9. The highest BCUT2D eigenvalue weighted by Gasteiger charge is 2.11. The van der Waals surface area contributed by atoms with Crippen molar-refractivity contribution in [2.75, 3.05) is 11.9 Å². The number of aromatic nitrogens is 2. The Morgan fingerprint density at radius 1 is 1.41 bits per heavy atom. The number of aliphatic hydroxyl groups excluding tert-OH is 1. The Morgan fingerprint density at radius 2 is 2.06 bits per heavy atom. The van der Waals surface area contributed by atoms with E-state index >= 15 is 0 Å². The van der Waals surface area contributed by atoms with Gasteiger partial charge in [0.25, 0.3) is 5.56 Å². The molecule has 0 aliphatic heterocycles. The number of nitrogens with one attached hydrogen (secondary N) is 1. The summed E-state index contributed by atoms with van der Waals surface area (Å²) in [6.45, 7) is 8.07. The first-order valence-corrected chi connectivity index (χ1v) is 5.92. The lowest BCUT2D eigenvalue weighted by molar-refractivity contribution is 0.138. The van der Waals surface area contributed by atoms with Gasteiger partial charge in [-0.1, -0.05) is 13.8 Å². The second-order valence-electron chi connectivity index (χ2n) is 4.77. The molecule has 17 heavy (non-hydrogen) atoms. The number of hydrogen-bond acceptors (Lipinski definition) is 4. The van der Waals surface area contributed by atoms with Crippen LogP contribution in [0.25, 0.3) is 0 Å². The predicted molar refractivity (Wildman–Crippen MR) is 68.2 cm³/mol. The molecule has 0 saturated heterocycles. The molecule has 0 aromatic carbocycles. The maximum Gasteiger partial charge on any atom is 0.293 e. The van der Waals surface area contributed by atoms with E-state index in [2.05, 4.69) is 10.3 Å². The van der Waals surface area contributed by atoms with Gasteiger partial charge >= 0.3 is 0 Å². The lowest BCUT2D eigenvalue weighted by Crippen LogP contribution is -2.30. The molecule has 1 aromatic rings. The van der Waals surface area contributed by atoms with Gasteiger partial charge in [-0.05, 0) is 19.8 Å². The van der Waals surface area contributed by atoms with Crippen molar-refractivity contribution < 1.29 is 5.11 Å². The Morgan fingerprint density at radius 3 is 2.59 bits per heavy atom. The number of nitrogens with zero attached hydrogens (tertiary/aromatic N) is 2. The van der Waals surface area contributed by atoms with Gasteiger partial charge in [-0.25, -0.2) is 4.98 Å². The van der Waals surface area contributed by atoms with Crippen molar-refractivity contribution in [1.29, 1.82) is 0 Å². The normalized spacial score (nSPS) is 13.1. The Balaban J connectivity index is 2.79. The fourth-order valence-electron chi connectivity index (χ4n) is 1.39. The monoisotopic (exact) mass is 239 g/mol. The Bertz CT molecular complexity index is 412. The van der Waals surface area contributed by atoms with Crippen LogP contribution < -0.4 is 10.9 Å². The molecule has 2 N–H and O–H groups in total. The van der Waals surface area contributed by atoms with Crippen LogP contribution in [0.15, 0.2) is 17.2 Å². The second kappa shape index (κ2) is 5.82. The molecular formula is C12H21N3O2. The molecule has 1 aromatic heterocycles. The third-order valence-corrected chi connectivity index (χ3v) is 2.67. The third-order valence-electron chi connectivity index (χ3n) is 2.67. The topological polar surface area (TPSA) is 67.2 Å². The van der Waals surface area contributed by atoms with Gasteiger partial charge in [0, 0.05) is 25.0 Å². The lowest BCUT2D eigenvalue weighted by atomic mass is 10.1. The van der Waals surface area contributed by atoms with E-state index in [0.717, 1.165) is 0 Å². The highest BCUT2D eigenvalue weighted by atomic mass is 16.3. The minimum atomic E-state index is -0.482. The molecule has 1 atom stereocenters. The van der Waals surface area contributed by atoms with E-state index in [1.807, 2.05) is 27.7 Å². The molecule has 0 radical (unpaired) electrons. The van der Waals surface area contributed by atoms with E-state index in [9.17, 15) is 9.90 Å². The molecule has 1 heterocycles. The van der Waals surface area contributed by atoms with Gasteiger partial charge in [-0.15, -0.1) is 0 Å². The lowest BCUT2D eigenvalue weighted by Gasteiger charge is -2.16. The van der Waals surface area contributed by atoms with Crippen molar-refractivity contribution in [3.63, 3.8) is 0 Å². The van der Waals surface area contributed by atoms with Gasteiger partial charge in [-0.3, -0.25) is 4.79 Å². The quantitative estimate of drug-likeness (QED) is 0.811. The molecule has 0 saturated carbocycles. The molecule has 1 rings (SSSR count). The molecule has 1 unspecified atom stereocenters. The van der Waals surface area contributed by atoms with Gasteiger partial charge in [0.2, 0.25) is 0 Å². The van der Waals surface area contributed by atoms with Crippen LogP contribution in [0, 0.1) is 5.92 Å². The summed E-state index contributed by atoms with van der Waals surface area (Å²) in [6.07, 6.45) is 2.77. The number of aliphatic hydroxyl groups is 1. The van der Waals surface area contributed by atoms with Gasteiger partial charge < -0.3 is 15.0 Å². The van der Waals surface area contributed by atoms with Crippen molar-refractivity contribution in [3.05, 3.63) is 22.7 Å². The van der Waals surface area contributed by atoms with Crippen molar-refractivity contribution >= 4 is 5.82 Å².